The Hall–Kier alpha value is -1.55. The molecule has 1 aromatic rings. The average molecular weight is 275 g/mol. The number of fused-ring (bicyclic) bond motifs is 1. The number of carboxylic acid groups (broad SMARTS) is 1. The molecule has 0 bridgehead atoms. The van der Waals surface area contributed by atoms with Crippen molar-refractivity contribution in [1.82, 2.24) is 4.90 Å². The maximum Gasteiger partial charge on any atom is 0.307 e. The molecule has 3 rings (SSSR count). The minimum atomic E-state index is -0.651. The Kier molecular flexibility index (Phi) is 3.92. The number of piperidine rings is 1. The van der Waals surface area contributed by atoms with Gasteiger partial charge < -0.3 is 14.7 Å². The molecule has 2 aliphatic rings. The summed E-state index contributed by atoms with van der Waals surface area (Å²) < 4.78 is 5.69. The van der Waals surface area contributed by atoms with Crippen LogP contribution in [0.1, 0.15) is 30.7 Å². The first-order valence-electron chi connectivity index (χ1n) is 7.41. The van der Waals surface area contributed by atoms with Crippen molar-refractivity contribution in [2.75, 3.05) is 26.2 Å². The third kappa shape index (κ3) is 2.80. The predicted octanol–water partition coefficient (Wildman–Crippen LogP) is 2.35. The van der Waals surface area contributed by atoms with Crippen molar-refractivity contribution in [3.63, 3.8) is 0 Å². The number of ether oxygens (including phenoxy) is 1. The molecule has 2 aliphatic heterocycles. The highest BCUT2D eigenvalue weighted by molar-refractivity contribution is 5.70. The molecule has 1 fully saturated rings. The van der Waals surface area contributed by atoms with E-state index in [1.165, 1.54) is 5.56 Å². The second kappa shape index (κ2) is 5.83. The molecule has 1 unspecified atom stereocenters. The maximum absolute atomic E-state index is 11.1. The first kappa shape index (κ1) is 13.4. The van der Waals surface area contributed by atoms with Crippen molar-refractivity contribution in [1.29, 1.82) is 0 Å². The molecule has 0 radical (unpaired) electrons. The normalized spacial score (nSPS) is 26.6. The van der Waals surface area contributed by atoms with Crippen LogP contribution in [0.3, 0.4) is 0 Å². The topological polar surface area (TPSA) is 49.8 Å². The number of nitrogens with zero attached hydrogens (tertiary/aromatic N) is 1. The van der Waals surface area contributed by atoms with Gasteiger partial charge in [-0.05, 0) is 37.4 Å². The van der Waals surface area contributed by atoms with Crippen LogP contribution in [-0.4, -0.2) is 42.2 Å². The van der Waals surface area contributed by atoms with E-state index in [1.807, 2.05) is 12.1 Å². The monoisotopic (exact) mass is 275 g/mol. The molecule has 0 amide bonds. The van der Waals surface area contributed by atoms with Crippen LogP contribution in [0.5, 0.6) is 5.75 Å². The fourth-order valence-electron chi connectivity index (χ4n) is 3.34. The van der Waals surface area contributed by atoms with E-state index >= 15 is 0 Å². The summed E-state index contributed by atoms with van der Waals surface area (Å²) in [5, 5.41) is 9.17. The van der Waals surface area contributed by atoms with Gasteiger partial charge in [0.1, 0.15) is 5.75 Å². The third-order valence-corrected chi connectivity index (χ3v) is 4.42. The Labute approximate surface area is 119 Å². The predicted molar refractivity (Wildman–Crippen MR) is 76.1 cm³/mol. The van der Waals surface area contributed by atoms with Gasteiger partial charge >= 0.3 is 5.97 Å². The van der Waals surface area contributed by atoms with Gasteiger partial charge in [0.25, 0.3) is 0 Å². The molecule has 0 aliphatic carbocycles. The lowest BCUT2D eigenvalue weighted by Crippen LogP contribution is -2.41. The molecule has 0 saturated carbocycles. The summed E-state index contributed by atoms with van der Waals surface area (Å²) in [7, 11) is 0. The zero-order chi connectivity index (χ0) is 13.9. The third-order valence-electron chi connectivity index (χ3n) is 4.42. The van der Waals surface area contributed by atoms with Crippen molar-refractivity contribution in [3.05, 3.63) is 29.8 Å². The Morgan fingerprint density at radius 2 is 2.20 bits per heavy atom. The second-order valence-electron chi connectivity index (χ2n) is 5.81. The largest absolute Gasteiger partial charge is 0.493 e. The van der Waals surface area contributed by atoms with E-state index in [9.17, 15) is 9.90 Å². The van der Waals surface area contributed by atoms with E-state index in [0.717, 1.165) is 44.7 Å². The molecule has 1 N–H and O–H groups in total. The lowest BCUT2D eigenvalue weighted by molar-refractivity contribution is -0.143. The van der Waals surface area contributed by atoms with E-state index in [-0.39, 0.29) is 5.92 Å². The van der Waals surface area contributed by atoms with E-state index in [0.29, 0.717) is 12.5 Å². The standard InChI is InChI=1S/C16H21NO3/c18-16(19)13-4-3-8-17(11-13)10-12-7-9-20-15-6-2-1-5-14(12)15/h1-2,5-6,12-13H,3-4,7-11H2,(H,18,19)/t12?,13-/m0/s1. The number of hydrogen-bond acceptors (Lipinski definition) is 3. The van der Waals surface area contributed by atoms with Crippen LogP contribution < -0.4 is 4.74 Å². The number of benzene rings is 1. The average Bonchev–Trinajstić information content (AvgIpc) is 2.48. The van der Waals surface area contributed by atoms with Crippen LogP contribution in [0.2, 0.25) is 0 Å². The van der Waals surface area contributed by atoms with Crippen LogP contribution in [0.4, 0.5) is 0 Å². The highest BCUT2D eigenvalue weighted by Gasteiger charge is 2.29. The quantitative estimate of drug-likeness (QED) is 0.920. The van der Waals surface area contributed by atoms with Crippen LogP contribution in [-0.2, 0) is 4.79 Å². The molecule has 108 valence electrons. The number of aliphatic carboxylic acids is 1. The highest BCUT2D eigenvalue weighted by Crippen LogP contribution is 2.34. The van der Waals surface area contributed by atoms with Gasteiger partial charge in [-0.2, -0.15) is 0 Å². The minimum absolute atomic E-state index is 0.196. The Morgan fingerprint density at radius 1 is 1.35 bits per heavy atom. The van der Waals surface area contributed by atoms with Crippen LogP contribution in [0.25, 0.3) is 0 Å². The van der Waals surface area contributed by atoms with E-state index in [4.69, 9.17) is 4.74 Å². The van der Waals surface area contributed by atoms with Gasteiger partial charge in [0.05, 0.1) is 12.5 Å². The summed E-state index contributed by atoms with van der Waals surface area (Å²) in [6.45, 7) is 3.42. The van der Waals surface area contributed by atoms with E-state index < -0.39 is 5.97 Å². The number of likely N-dealkylation sites (tertiary alicyclic amines) is 1. The number of carboxylic acids is 1. The van der Waals surface area contributed by atoms with Crippen molar-refractivity contribution in [3.8, 4) is 5.75 Å². The van der Waals surface area contributed by atoms with Gasteiger partial charge in [-0.25, -0.2) is 0 Å². The smallest absolute Gasteiger partial charge is 0.307 e. The lowest BCUT2D eigenvalue weighted by Gasteiger charge is -2.35. The molecular weight excluding hydrogens is 254 g/mol. The molecule has 2 atom stereocenters. The van der Waals surface area contributed by atoms with Gasteiger partial charge in [-0.3, -0.25) is 4.79 Å². The van der Waals surface area contributed by atoms with Crippen molar-refractivity contribution < 1.29 is 14.6 Å². The summed E-state index contributed by atoms with van der Waals surface area (Å²) in [6, 6.07) is 8.22. The molecule has 4 heteroatoms. The first-order chi connectivity index (χ1) is 9.74. The maximum atomic E-state index is 11.1. The zero-order valence-electron chi connectivity index (χ0n) is 11.6. The Balaban J connectivity index is 1.68. The molecule has 1 saturated heterocycles. The summed E-state index contributed by atoms with van der Waals surface area (Å²) in [5.41, 5.74) is 1.27. The van der Waals surface area contributed by atoms with Gasteiger partial charge in [-0.15, -0.1) is 0 Å². The summed E-state index contributed by atoms with van der Waals surface area (Å²) in [5.74, 6) is 0.615. The minimum Gasteiger partial charge on any atom is -0.493 e. The van der Waals surface area contributed by atoms with Gasteiger partial charge in [0, 0.05) is 19.0 Å². The Bertz CT molecular complexity index is 488. The van der Waals surface area contributed by atoms with Crippen LogP contribution in [0, 0.1) is 5.92 Å². The van der Waals surface area contributed by atoms with Gasteiger partial charge in [0.2, 0.25) is 0 Å². The molecule has 1 aromatic carbocycles. The molecule has 2 heterocycles. The SMILES string of the molecule is O=C(O)[C@H]1CCCN(CC2CCOc3ccccc32)C1. The lowest BCUT2D eigenvalue weighted by atomic mass is 9.91. The van der Waals surface area contributed by atoms with Crippen molar-refractivity contribution in [2.24, 2.45) is 5.92 Å². The number of carbonyl (C=O) groups is 1. The number of hydrogen-bond donors (Lipinski definition) is 1. The van der Waals surface area contributed by atoms with Gasteiger partial charge in [0.15, 0.2) is 0 Å². The Morgan fingerprint density at radius 3 is 3.05 bits per heavy atom. The molecule has 0 aromatic heterocycles. The number of para-hydroxylation sites is 1. The molecular formula is C16H21NO3. The van der Waals surface area contributed by atoms with Crippen LogP contribution in [0.15, 0.2) is 24.3 Å². The summed E-state index contributed by atoms with van der Waals surface area (Å²) >= 11 is 0. The number of rotatable bonds is 3. The zero-order valence-corrected chi connectivity index (χ0v) is 11.6. The second-order valence-corrected chi connectivity index (χ2v) is 5.81. The van der Waals surface area contributed by atoms with Crippen LogP contribution >= 0.6 is 0 Å². The van der Waals surface area contributed by atoms with Gasteiger partial charge in [-0.1, -0.05) is 18.2 Å². The van der Waals surface area contributed by atoms with E-state index in [1.54, 1.807) is 0 Å². The molecule has 4 nitrogen and oxygen atoms in total. The summed E-state index contributed by atoms with van der Waals surface area (Å²) in [6.07, 6.45) is 2.82. The fourth-order valence-corrected chi connectivity index (χ4v) is 3.34. The van der Waals surface area contributed by atoms with Crippen molar-refractivity contribution in [2.45, 2.75) is 25.2 Å². The van der Waals surface area contributed by atoms with Crippen molar-refractivity contribution >= 4 is 5.97 Å². The molecule has 0 spiro atoms. The molecule has 20 heavy (non-hydrogen) atoms. The summed E-state index contributed by atoms with van der Waals surface area (Å²) in [4.78, 5) is 13.5. The highest BCUT2D eigenvalue weighted by atomic mass is 16.5. The van der Waals surface area contributed by atoms with E-state index in [2.05, 4.69) is 17.0 Å². The fraction of sp³-hybridized carbons (Fsp3) is 0.562. The first-order valence-corrected chi connectivity index (χ1v) is 7.41.